The van der Waals surface area contributed by atoms with Crippen LogP contribution < -0.4 is 0 Å². The molecule has 138 valence electrons. The molecule has 1 aromatic carbocycles. The zero-order valence-electron chi connectivity index (χ0n) is 15.0. The summed E-state index contributed by atoms with van der Waals surface area (Å²) in [6, 6.07) is 8.00. The minimum atomic E-state index is -0.282. The Labute approximate surface area is 156 Å². The number of hydrogen-bond acceptors (Lipinski definition) is 4. The molecule has 4 rings (SSSR count). The van der Waals surface area contributed by atoms with Crippen molar-refractivity contribution in [3.8, 4) is 11.4 Å². The van der Waals surface area contributed by atoms with E-state index in [1.54, 1.807) is 24.5 Å². The van der Waals surface area contributed by atoms with Crippen LogP contribution >= 0.6 is 0 Å². The van der Waals surface area contributed by atoms with Gasteiger partial charge in [-0.15, -0.1) is 0 Å². The van der Waals surface area contributed by atoms with Crippen LogP contribution in [0.4, 0.5) is 4.39 Å². The highest BCUT2D eigenvalue weighted by molar-refractivity contribution is 5.94. The molecule has 6 nitrogen and oxygen atoms in total. The standard InChI is InChI=1S/C20H20FN5O/c1-13-10-16(12-22-11-13)20(27)26-8-6-15(7-9-26)19-23-18(24-25-19)14-2-4-17(21)5-3-14/h2-5,10-12,15H,6-9H2,1H3,(H,23,24,25). The van der Waals surface area contributed by atoms with Gasteiger partial charge in [-0.25, -0.2) is 9.37 Å². The average molecular weight is 365 g/mol. The molecule has 7 heteroatoms. The molecule has 1 amide bonds. The third-order valence-corrected chi connectivity index (χ3v) is 4.90. The number of pyridine rings is 1. The molecule has 27 heavy (non-hydrogen) atoms. The van der Waals surface area contributed by atoms with Crippen LogP contribution in [0.25, 0.3) is 11.4 Å². The third kappa shape index (κ3) is 3.72. The number of halogens is 1. The number of benzene rings is 1. The Balaban J connectivity index is 1.41. The summed E-state index contributed by atoms with van der Waals surface area (Å²) >= 11 is 0. The molecular formula is C20H20FN5O. The van der Waals surface area contributed by atoms with Crippen LogP contribution in [0, 0.1) is 12.7 Å². The van der Waals surface area contributed by atoms with Crippen molar-refractivity contribution in [2.75, 3.05) is 13.1 Å². The van der Waals surface area contributed by atoms with E-state index in [0.717, 1.165) is 29.8 Å². The topological polar surface area (TPSA) is 74.8 Å². The second-order valence-corrected chi connectivity index (χ2v) is 6.87. The zero-order valence-corrected chi connectivity index (χ0v) is 15.0. The van der Waals surface area contributed by atoms with Crippen LogP contribution in [-0.2, 0) is 0 Å². The quantitative estimate of drug-likeness (QED) is 0.772. The van der Waals surface area contributed by atoms with Gasteiger partial charge in [0.15, 0.2) is 5.82 Å². The molecule has 3 aromatic rings. The first-order valence-corrected chi connectivity index (χ1v) is 8.99. The Bertz CT molecular complexity index is 945. The molecule has 0 aliphatic carbocycles. The molecule has 1 N–H and O–H groups in total. The number of likely N-dealkylation sites (tertiary alicyclic amines) is 1. The number of nitrogens with zero attached hydrogens (tertiary/aromatic N) is 4. The van der Waals surface area contributed by atoms with Crippen molar-refractivity contribution < 1.29 is 9.18 Å². The summed E-state index contributed by atoms with van der Waals surface area (Å²) in [5, 5.41) is 7.26. The number of aromatic amines is 1. The van der Waals surface area contributed by atoms with Crippen LogP contribution in [0.2, 0.25) is 0 Å². The number of nitrogens with one attached hydrogen (secondary N) is 1. The van der Waals surface area contributed by atoms with Crippen molar-refractivity contribution in [2.45, 2.75) is 25.7 Å². The van der Waals surface area contributed by atoms with Crippen molar-refractivity contribution in [2.24, 2.45) is 0 Å². The highest BCUT2D eigenvalue weighted by Gasteiger charge is 2.26. The number of hydrogen-bond donors (Lipinski definition) is 1. The lowest BCUT2D eigenvalue weighted by molar-refractivity contribution is 0.0710. The van der Waals surface area contributed by atoms with Crippen LogP contribution in [0.5, 0.6) is 0 Å². The Morgan fingerprint density at radius 1 is 1.19 bits per heavy atom. The van der Waals surface area contributed by atoms with Gasteiger partial charge in [-0.1, -0.05) is 0 Å². The molecule has 0 radical (unpaired) electrons. The molecule has 0 saturated carbocycles. The highest BCUT2D eigenvalue weighted by atomic mass is 19.1. The summed E-state index contributed by atoms with van der Waals surface area (Å²) in [7, 11) is 0. The Morgan fingerprint density at radius 2 is 1.93 bits per heavy atom. The van der Waals surface area contributed by atoms with E-state index in [4.69, 9.17) is 0 Å². The van der Waals surface area contributed by atoms with Crippen molar-refractivity contribution >= 4 is 5.91 Å². The van der Waals surface area contributed by atoms with E-state index >= 15 is 0 Å². The van der Waals surface area contributed by atoms with E-state index in [9.17, 15) is 9.18 Å². The van der Waals surface area contributed by atoms with E-state index in [1.165, 1.54) is 12.1 Å². The van der Waals surface area contributed by atoms with Crippen LogP contribution in [0.1, 0.15) is 40.5 Å². The number of aromatic nitrogens is 4. The van der Waals surface area contributed by atoms with Crippen molar-refractivity contribution in [3.05, 3.63) is 65.5 Å². The fraction of sp³-hybridized carbons (Fsp3) is 0.300. The summed E-state index contributed by atoms with van der Waals surface area (Å²) in [5.74, 6) is 1.35. The molecule has 0 spiro atoms. The van der Waals surface area contributed by atoms with Crippen LogP contribution in [0.3, 0.4) is 0 Å². The minimum absolute atomic E-state index is 0.0224. The Hall–Kier alpha value is -3.09. The summed E-state index contributed by atoms with van der Waals surface area (Å²) in [4.78, 5) is 23.2. The maximum Gasteiger partial charge on any atom is 0.255 e. The molecule has 1 aliphatic rings. The lowest BCUT2D eigenvalue weighted by atomic mass is 9.95. The van der Waals surface area contributed by atoms with Crippen LogP contribution in [-0.4, -0.2) is 44.1 Å². The van der Waals surface area contributed by atoms with Gasteiger partial charge in [0.25, 0.3) is 5.91 Å². The summed E-state index contributed by atoms with van der Waals surface area (Å²) < 4.78 is 13.1. The molecule has 1 saturated heterocycles. The molecule has 0 bridgehead atoms. The van der Waals surface area contributed by atoms with E-state index in [-0.39, 0.29) is 17.6 Å². The van der Waals surface area contributed by atoms with Crippen molar-refractivity contribution in [1.29, 1.82) is 0 Å². The maximum atomic E-state index is 13.1. The maximum absolute atomic E-state index is 13.1. The Kier molecular flexibility index (Phi) is 4.66. The number of H-pyrrole nitrogens is 1. The number of amides is 1. The highest BCUT2D eigenvalue weighted by Crippen LogP contribution is 2.27. The molecular weight excluding hydrogens is 345 g/mol. The van der Waals surface area contributed by atoms with Gasteiger partial charge in [0, 0.05) is 37.0 Å². The first kappa shape index (κ1) is 17.3. The van der Waals surface area contributed by atoms with E-state index in [1.807, 2.05) is 17.9 Å². The monoisotopic (exact) mass is 365 g/mol. The Morgan fingerprint density at radius 3 is 2.63 bits per heavy atom. The molecule has 0 atom stereocenters. The smallest absolute Gasteiger partial charge is 0.255 e. The van der Waals surface area contributed by atoms with Crippen LogP contribution in [0.15, 0.2) is 42.7 Å². The fourth-order valence-electron chi connectivity index (χ4n) is 3.40. The largest absolute Gasteiger partial charge is 0.339 e. The van der Waals surface area contributed by atoms with Gasteiger partial charge in [0.1, 0.15) is 11.6 Å². The second-order valence-electron chi connectivity index (χ2n) is 6.87. The molecule has 1 aliphatic heterocycles. The van der Waals surface area contributed by atoms with Crippen molar-refractivity contribution in [1.82, 2.24) is 25.1 Å². The number of rotatable bonds is 3. The van der Waals surface area contributed by atoms with Gasteiger partial charge in [-0.3, -0.25) is 14.9 Å². The normalized spacial score (nSPS) is 15.1. The molecule has 2 aromatic heterocycles. The van der Waals surface area contributed by atoms with E-state index < -0.39 is 0 Å². The predicted molar refractivity (Wildman–Crippen MR) is 98.6 cm³/mol. The van der Waals surface area contributed by atoms with Gasteiger partial charge >= 0.3 is 0 Å². The molecule has 0 unspecified atom stereocenters. The van der Waals surface area contributed by atoms with E-state index in [0.29, 0.717) is 24.5 Å². The second kappa shape index (κ2) is 7.26. The van der Waals surface area contributed by atoms with Crippen molar-refractivity contribution in [3.63, 3.8) is 0 Å². The zero-order chi connectivity index (χ0) is 18.8. The van der Waals surface area contributed by atoms with E-state index in [2.05, 4.69) is 20.2 Å². The number of carbonyl (C=O) groups is 1. The predicted octanol–water partition coefficient (Wildman–Crippen LogP) is 3.33. The number of piperidine rings is 1. The fourth-order valence-corrected chi connectivity index (χ4v) is 3.40. The average Bonchev–Trinajstić information content (AvgIpc) is 3.18. The first-order valence-electron chi connectivity index (χ1n) is 8.99. The summed E-state index contributed by atoms with van der Waals surface area (Å²) in [6.07, 6.45) is 5.00. The SMILES string of the molecule is Cc1cncc(C(=O)N2CCC(c3nc(-c4ccc(F)cc4)n[nH]3)CC2)c1. The van der Waals surface area contributed by atoms with Gasteiger partial charge in [0.2, 0.25) is 0 Å². The van der Waals surface area contributed by atoms with Gasteiger partial charge in [-0.2, -0.15) is 5.10 Å². The number of aryl methyl sites for hydroxylation is 1. The van der Waals surface area contributed by atoms with Gasteiger partial charge < -0.3 is 4.90 Å². The number of carbonyl (C=O) groups excluding carboxylic acids is 1. The summed E-state index contributed by atoms with van der Waals surface area (Å²) in [5.41, 5.74) is 2.39. The minimum Gasteiger partial charge on any atom is -0.339 e. The van der Waals surface area contributed by atoms with Gasteiger partial charge in [-0.05, 0) is 55.7 Å². The first-order chi connectivity index (χ1) is 13.1. The summed E-state index contributed by atoms with van der Waals surface area (Å²) in [6.45, 7) is 3.27. The van der Waals surface area contributed by atoms with Gasteiger partial charge in [0.05, 0.1) is 5.56 Å². The lowest BCUT2D eigenvalue weighted by Gasteiger charge is -2.31. The molecule has 3 heterocycles. The molecule has 1 fully saturated rings. The third-order valence-electron chi connectivity index (χ3n) is 4.90. The lowest BCUT2D eigenvalue weighted by Crippen LogP contribution is -2.38.